The van der Waals surface area contributed by atoms with E-state index in [-0.39, 0.29) is 5.91 Å². The zero-order chi connectivity index (χ0) is 23.8. The minimum atomic E-state index is -0.416. The molecule has 1 saturated carbocycles. The average Bonchev–Trinajstić information content (AvgIpc) is 2.89. The van der Waals surface area contributed by atoms with Gasteiger partial charge in [0.15, 0.2) is 0 Å². The Morgan fingerprint density at radius 2 is 1.85 bits per heavy atom. The van der Waals surface area contributed by atoms with E-state index in [0.29, 0.717) is 25.8 Å². The van der Waals surface area contributed by atoms with Gasteiger partial charge in [-0.1, -0.05) is 61.7 Å². The van der Waals surface area contributed by atoms with E-state index in [1.54, 1.807) is 7.11 Å². The van der Waals surface area contributed by atoms with Crippen LogP contribution < -0.4 is 10.1 Å². The van der Waals surface area contributed by atoms with Crippen molar-refractivity contribution < 1.29 is 14.3 Å². The van der Waals surface area contributed by atoms with Crippen molar-refractivity contribution in [3.63, 3.8) is 0 Å². The molecule has 0 spiro atoms. The van der Waals surface area contributed by atoms with Crippen molar-refractivity contribution in [3.8, 4) is 16.9 Å². The van der Waals surface area contributed by atoms with Crippen LogP contribution in [-0.2, 0) is 16.0 Å². The Morgan fingerprint density at radius 1 is 1.09 bits per heavy atom. The number of rotatable bonds is 9. The first-order chi connectivity index (χ1) is 16.6. The van der Waals surface area contributed by atoms with E-state index in [1.807, 2.05) is 18.2 Å². The number of benzene rings is 2. The first-order valence-corrected chi connectivity index (χ1v) is 12.9. The minimum Gasteiger partial charge on any atom is -0.496 e. The Labute approximate surface area is 204 Å². The van der Waals surface area contributed by atoms with E-state index >= 15 is 0 Å². The van der Waals surface area contributed by atoms with Crippen molar-refractivity contribution in [2.45, 2.75) is 57.4 Å². The highest BCUT2D eigenvalue weighted by atomic mass is 16.5. The monoisotopic (exact) mass is 464 g/mol. The fourth-order valence-electron chi connectivity index (χ4n) is 5.61. The lowest BCUT2D eigenvalue weighted by Crippen LogP contribution is -2.48. The number of nitrogens with zero attached hydrogens (tertiary/aromatic N) is 1. The van der Waals surface area contributed by atoms with Crippen molar-refractivity contribution >= 4 is 5.91 Å². The number of para-hydroxylation sites is 1. The number of carbonyl (C=O) groups excluding carboxylic acids is 1. The van der Waals surface area contributed by atoms with Gasteiger partial charge in [0, 0.05) is 37.9 Å². The second-order valence-electron chi connectivity index (χ2n) is 10.00. The zero-order valence-electron chi connectivity index (χ0n) is 20.9. The van der Waals surface area contributed by atoms with Gasteiger partial charge in [-0.3, -0.25) is 4.79 Å². The molecule has 1 aliphatic carbocycles. The summed E-state index contributed by atoms with van der Waals surface area (Å²) in [7, 11) is 3.91. The summed E-state index contributed by atoms with van der Waals surface area (Å²) in [6, 6.07) is 17.3. The molecule has 5 heteroatoms. The molecule has 2 aromatic rings. The van der Waals surface area contributed by atoms with Crippen LogP contribution >= 0.6 is 0 Å². The van der Waals surface area contributed by atoms with Crippen LogP contribution in [0.1, 0.15) is 50.5 Å². The maximum Gasteiger partial charge on any atom is 0.226 e. The Hall–Kier alpha value is -2.37. The Balaban J connectivity index is 1.43. The van der Waals surface area contributed by atoms with Gasteiger partial charge in [-0.05, 0) is 56.3 Å². The molecule has 2 aliphatic rings. The topological polar surface area (TPSA) is 50.8 Å². The molecule has 2 fully saturated rings. The van der Waals surface area contributed by atoms with Crippen molar-refractivity contribution in [2.75, 3.05) is 40.5 Å². The molecule has 0 atom stereocenters. The number of amides is 1. The smallest absolute Gasteiger partial charge is 0.226 e. The number of hydrogen-bond donors (Lipinski definition) is 1. The Bertz CT molecular complexity index is 932. The SMILES string of the molecule is COc1ccccc1-c1cccc(CC2(C(=O)NCCN(C)C3CCCCC3)CCOCC2)c1. The van der Waals surface area contributed by atoms with E-state index in [4.69, 9.17) is 9.47 Å². The number of methoxy groups -OCH3 is 1. The number of ether oxygens (including phenoxy) is 2. The van der Waals surface area contributed by atoms with E-state index in [0.717, 1.165) is 42.7 Å². The quantitative estimate of drug-likeness (QED) is 0.562. The first-order valence-electron chi connectivity index (χ1n) is 12.9. The average molecular weight is 465 g/mol. The van der Waals surface area contributed by atoms with Gasteiger partial charge in [0.05, 0.1) is 12.5 Å². The lowest BCUT2D eigenvalue weighted by Gasteiger charge is -2.36. The second-order valence-corrected chi connectivity index (χ2v) is 10.00. The van der Waals surface area contributed by atoms with Crippen molar-refractivity contribution in [1.29, 1.82) is 0 Å². The maximum absolute atomic E-state index is 13.5. The van der Waals surface area contributed by atoms with Crippen LogP contribution in [0.4, 0.5) is 0 Å². The predicted molar refractivity (Wildman–Crippen MR) is 137 cm³/mol. The van der Waals surface area contributed by atoms with Crippen LogP contribution in [0.5, 0.6) is 5.75 Å². The van der Waals surface area contributed by atoms with Crippen molar-refractivity contribution in [2.24, 2.45) is 5.41 Å². The van der Waals surface area contributed by atoms with Crippen LogP contribution in [0.3, 0.4) is 0 Å². The summed E-state index contributed by atoms with van der Waals surface area (Å²) in [6.07, 6.45) is 8.85. The third-order valence-corrected chi connectivity index (χ3v) is 7.77. The van der Waals surface area contributed by atoms with Gasteiger partial charge >= 0.3 is 0 Å². The number of nitrogens with one attached hydrogen (secondary N) is 1. The minimum absolute atomic E-state index is 0.176. The fourth-order valence-corrected chi connectivity index (χ4v) is 5.61. The molecule has 1 aliphatic heterocycles. The maximum atomic E-state index is 13.5. The van der Waals surface area contributed by atoms with Gasteiger partial charge in [-0.25, -0.2) is 0 Å². The van der Waals surface area contributed by atoms with Gasteiger partial charge in [-0.15, -0.1) is 0 Å². The second kappa shape index (κ2) is 11.9. The molecule has 0 radical (unpaired) electrons. The summed E-state index contributed by atoms with van der Waals surface area (Å²) in [5.74, 6) is 1.04. The van der Waals surface area contributed by atoms with Crippen LogP contribution in [-0.4, -0.2) is 57.3 Å². The van der Waals surface area contributed by atoms with Gasteiger partial charge in [0.25, 0.3) is 0 Å². The molecule has 0 bridgehead atoms. The standard InChI is InChI=1S/C29H40N2O3/c1-31(25-11-4-3-5-12-25)18-17-30-28(32)29(15-19-34-20-16-29)22-23-9-8-10-24(21-23)26-13-6-7-14-27(26)33-2/h6-10,13-14,21,25H,3-5,11-12,15-20,22H2,1-2H3,(H,30,32). The molecule has 4 rings (SSSR count). The molecule has 184 valence electrons. The molecule has 1 saturated heterocycles. The normalized spacial score (nSPS) is 18.6. The highest BCUT2D eigenvalue weighted by molar-refractivity contribution is 5.83. The molecule has 2 aromatic carbocycles. The fraction of sp³-hybridized carbons (Fsp3) is 0.552. The van der Waals surface area contributed by atoms with Crippen LogP contribution in [0, 0.1) is 5.41 Å². The van der Waals surface area contributed by atoms with Crippen LogP contribution in [0.25, 0.3) is 11.1 Å². The third-order valence-electron chi connectivity index (χ3n) is 7.77. The highest BCUT2D eigenvalue weighted by Crippen LogP contribution is 2.37. The van der Waals surface area contributed by atoms with Gasteiger partial charge in [-0.2, -0.15) is 0 Å². The van der Waals surface area contributed by atoms with E-state index in [1.165, 1.54) is 37.7 Å². The van der Waals surface area contributed by atoms with E-state index < -0.39 is 5.41 Å². The van der Waals surface area contributed by atoms with E-state index in [9.17, 15) is 4.79 Å². The van der Waals surface area contributed by atoms with Crippen molar-refractivity contribution in [1.82, 2.24) is 10.2 Å². The summed E-state index contributed by atoms with van der Waals surface area (Å²) in [4.78, 5) is 16.0. The Morgan fingerprint density at radius 3 is 2.62 bits per heavy atom. The van der Waals surface area contributed by atoms with Gasteiger partial charge in [0.1, 0.15) is 5.75 Å². The molecule has 0 unspecified atom stereocenters. The van der Waals surface area contributed by atoms with Gasteiger partial charge < -0.3 is 19.7 Å². The largest absolute Gasteiger partial charge is 0.496 e. The summed E-state index contributed by atoms with van der Waals surface area (Å²) in [5.41, 5.74) is 2.95. The third kappa shape index (κ3) is 6.00. The summed E-state index contributed by atoms with van der Waals surface area (Å²) in [5, 5.41) is 3.29. The number of likely N-dealkylation sites (N-methyl/N-ethyl adjacent to an activating group) is 1. The number of hydrogen-bond acceptors (Lipinski definition) is 4. The molecule has 1 amide bonds. The van der Waals surface area contributed by atoms with Crippen molar-refractivity contribution in [3.05, 3.63) is 54.1 Å². The molecule has 1 heterocycles. The van der Waals surface area contributed by atoms with Crippen LogP contribution in [0.2, 0.25) is 0 Å². The lowest BCUT2D eigenvalue weighted by atomic mass is 9.74. The molecular formula is C29H40N2O3. The summed E-state index contributed by atoms with van der Waals surface area (Å²) in [6.45, 7) is 2.89. The number of carbonyl (C=O) groups is 1. The van der Waals surface area contributed by atoms with E-state index in [2.05, 4.69) is 47.6 Å². The molecule has 34 heavy (non-hydrogen) atoms. The molecule has 5 nitrogen and oxygen atoms in total. The Kier molecular flexibility index (Phi) is 8.63. The molecule has 0 aromatic heterocycles. The summed E-state index contributed by atoms with van der Waals surface area (Å²) >= 11 is 0. The van der Waals surface area contributed by atoms with Gasteiger partial charge in [0.2, 0.25) is 5.91 Å². The zero-order valence-corrected chi connectivity index (χ0v) is 20.9. The first kappa shape index (κ1) is 24.7. The molecular weight excluding hydrogens is 424 g/mol. The predicted octanol–water partition coefficient (Wildman–Crippen LogP) is 5.08. The highest BCUT2D eigenvalue weighted by Gasteiger charge is 2.40. The summed E-state index contributed by atoms with van der Waals surface area (Å²) < 4.78 is 11.2. The lowest BCUT2D eigenvalue weighted by molar-refractivity contribution is -0.136. The van der Waals surface area contributed by atoms with Crippen LogP contribution in [0.15, 0.2) is 48.5 Å². The molecule has 1 N–H and O–H groups in total.